The number of carbonyl (C=O) groups excluding carboxylic acids is 1. The van der Waals surface area contributed by atoms with Crippen LogP contribution in [0.5, 0.6) is 0 Å². The molecule has 0 amide bonds. The number of ether oxygens (including phenoxy) is 1. The molecule has 19 heavy (non-hydrogen) atoms. The summed E-state index contributed by atoms with van der Waals surface area (Å²) in [5.74, 6) is -0.656. The van der Waals surface area contributed by atoms with Gasteiger partial charge in [0.25, 0.3) is 0 Å². The summed E-state index contributed by atoms with van der Waals surface area (Å²) < 4.78 is 4.57. The lowest BCUT2D eigenvalue weighted by Crippen LogP contribution is -2.17. The van der Waals surface area contributed by atoms with Crippen LogP contribution in [0.4, 0.5) is 0 Å². The molecule has 3 rings (SSSR count). The molecule has 5 nitrogen and oxygen atoms in total. The van der Waals surface area contributed by atoms with Crippen LogP contribution in [0.25, 0.3) is 21.9 Å². The van der Waals surface area contributed by atoms with E-state index in [1.807, 2.05) is 24.3 Å². The number of benzene rings is 1. The molecular weight excluding hydrogens is 244 g/mol. The second-order valence-corrected chi connectivity index (χ2v) is 4.10. The third kappa shape index (κ3) is 1.76. The minimum absolute atomic E-state index is 0.0212. The van der Waals surface area contributed by atoms with Crippen LogP contribution in [0, 0.1) is 0 Å². The Morgan fingerprint density at radius 2 is 2.11 bits per heavy atom. The lowest BCUT2D eigenvalue weighted by molar-refractivity contribution is 0.0599. The van der Waals surface area contributed by atoms with E-state index in [2.05, 4.69) is 14.7 Å². The van der Waals surface area contributed by atoms with Gasteiger partial charge >= 0.3 is 5.97 Å². The molecule has 5 heteroatoms. The molecule has 0 aliphatic carbocycles. The first-order chi connectivity index (χ1) is 9.20. The van der Waals surface area contributed by atoms with Crippen LogP contribution < -0.4 is 5.43 Å². The maximum absolute atomic E-state index is 12.2. The molecule has 0 fully saturated rings. The second kappa shape index (κ2) is 4.20. The fraction of sp³-hybridized carbons (Fsp3) is 0.0714. The van der Waals surface area contributed by atoms with Gasteiger partial charge in [0.1, 0.15) is 11.2 Å². The van der Waals surface area contributed by atoms with Crippen LogP contribution >= 0.6 is 0 Å². The van der Waals surface area contributed by atoms with Crippen LogP contribution in [0.1, 0.15) is 10.4 Å². The van der Waals surface area contributed by atoms with Gasteiger partial charge < -0.3 is 9.72 Å². The summed E-state index contributed by atoms with van der Waals surface area (Å²) in [6, 6.07) is 9.20. The Morgan fingerprint density at radius 3 is 2.89 bits per heavy atom. The summed E-state index contributed by atoms with van der Waals surface area (Å²) in [5.41, 5.74) is 0.846. The van der Waals surface area contributed by atoms with Crippen molar-refractivity contribution in [3.63, 3.8) is 0 Å². The minimum Gasteiger partial charge on any atom is -0.465 e. The van der Waals surface area contributed by atoms with Gasteiger partial charge in [-0.2, -0.15) is 0 Å². The number of esters is 1. The molecule has 0 saturated carbocycles. The number of nitrogens with zero attached hydrogens (tertiary/aromatic N) is 1. The Kier molecular flexibility index (Phi) is 2.52. The Labute approximate surface area is 107 Å². The lowest BCUT2D eigenvalue weighted by atomic mass is 10.1. The predicted octanol–water partition coefficient (Wildman–Crippen LogP) is 1.86. The molecule has 0 spiro atoms. The predicted molar refractivity (Wildman–Crippen MR) is 71.2 cm³/mol. The van der Waals surface area contributed by atoms with Crippen molar-refractivity contribution in [3.05, 3.63) is 52.3 Å². The number of fused-ring (bicyclic) bond motifs is 2. The number of hydrogen-bond acceptors (Lipinski definition) is 4. The van der Waals surface area contributed by atoms with Crippen molar-refractivity contribution in [2.75, 3.05) is 7.11 Å². The first kappa shape index (κ1) is 11.4. The quantitative estimate of drug-likeness (QED) is 0.531. The topological polar surface area (TPSA) is 72.1 Å². The molecule has 0 unspecified atom stereocenters. The van der Waals surface area contributed by atoms with Gasteiger partial charge in [-0.05, 0) is 12.1 Å². The maximum atomic E-state index is 12.2. The molecule has 0 aliphatic heterocycles. The van der Waals surface area contributed by atoms with Crippen molar-refractivity contribution in [2.45, 2.75) is 0 Å². The zero-order valence-corrected chi connectivity index (χ0v) is 10.1. The van der Waals surface area contributed by atoms with Crippen molar-refractivity contribution in [2.24, 2.45) is 0 Å². The second-order valence-electron chi connectivity index (χ2n) is 4.10. The van der Waals surface area contributed by atoms with E-state index in [0.29, 0.717) is 11.0 Å². The average Bonchev–Trinajstić information content (AvgIpc) is 2.45. The van der Waals surface area contributed by atoms with Gasteiger partial charge in [-0.1, -0.05) is 18.2 Å². The van der Waals surface area contributed by atoms with Gasteiger partial charge in [-0.25, -0.2) is 9.78 Å². The van der Waals surface area contributed by atoms with Crippen LogP contribution in [0.2, 0.25) is 0 Å². The summed E-state index contributed by atoms with van der Waals surface area (Å²) in [4.78, 5) is 30.9. The summed E-state index contributed by atoms with van der Waals surface area (Å²) in [5, 5.41) is 1.23. The highest BCUT2D eigenvalue weighted by atomic mass is 16.5. The van der Waals surface area contributed by atoms with Gasteiger partial charge in [0.05, 0.1) is 18.0 Å². The van der Waals surface area contributed by atoms with E-state index >= 15 is 0 Å². The third-order valence-corrected chi connectivity index (χ3v) is 2.97. The number of H-pyrrole nitrogens is 1. The molecule has 2 aromatic heterocycles. The first-order valence-electron chi connectivity index (χ1n) is 5.70. The number of nitrogens with one attached hydrogen (secondary N) is 1. The minimum atomic E-state index is -0.656. The Bertz CT molecular complexity index is 852. The first-order valence-corrected chi connectivity index (χ1v) is 5.70. The van der Waals surface area contributed by atoms with Gasteiger partial charge in [0.2, 0.25) is 5.43 Å². The number of aromatic amines is 1. The molecule has 94 valence electrons. The highest BCUT2D eigenvalue weighted by Gasteiger charge is 2.14. The Balaban J connectivity index is 2.39. The summed E-state index contributed by atoms with van der Waals surface area (Å²) in [6.45, 7) is 0. The molecule has 0 saturated heterocycles. The van der Waals surface area contributed by atoms with Gasteiger partial charge in [0, 0.05) is 11.6 Å². The smallest absolute Gasteiger partial charge is 0.343 e. The van der Waals surface area contributed by atoms with Crippen LogP contribution in [0.3, 0.4) is 0 Å². The standard InChI is InChI=1S/C14H10N2O3/c1-19-14(18)10-7-15-13-9(12(10)17)6-8-4-2-3-5-11(8)16-13/h2-7H,1H3,(H,15,16,17). The number of para-hydroxylation sites is 1. The van der Waals surface area contributed by atoms with E-state index in [4.69, 9.17) is 0 Å². The van der Waals surface area contributed by atoms with Crippen LogP contribution in [-0.4, -0.2) is 23.0 Å². The third-order valence-electron chi connectivity index (χ3n) is 2.97. The van der Waals surface area contributed by atoms with Gasteiger partial charge in [-0.3, -0.25) is 4.79 Å². The highest BCUT2D eigenvalue weighted by molar-refractivity contribution is 5.96. The van der Waals surface area contributed by atoms with E-state index in [9.17, 15) is 9.59 Å². The maximum Gasteiger partial charge on any atom is 0.343 e. The van der Waals surface area contributed by atoms with Gasteiger partial charge in [0.15, 0.2) is 0 Å². The fourth-order valence-electron chi connectivity index (χ4n) is 2.01. The summed E-state index contributed by atoms with van der Waals surface area (Å²) in [7, 11) is 1.24. The molecule has 0 aliphatic rings. The van der Waals surface area contributed by atoms with Crippen molar-refractivity contribution < 1.29 is 9.53 Å². The summed E-state index contributed by atoms with van der Waals surface area (Å²) in [6.07, 6.45) is 1.33. The van der Waals surface area contributed by atoms with Crippen molar-refractivity contribution >= 4 is 27.9 Å². The summed E-state index contributed by atoms with van der Waals surface area (Å²) >= 11 is 0. The van der Waals surface area contributed by atoms with Crippen LogP contribution in [-0.2, 0) is 4.74 Å². The van der Waals surface area contributed by atoms with E-state index in [-0.39, 0.29) is 11.0 Å². The average molecular weight is 254 g/mol. The number of pyridine rings is 2. The van der Waals surface area contributed by atoms with Crippen molar-refractivity contribution in [1.82, 2.24) is 9.97 Å². The molecule has 0 atom stereocenters. The molecule has 1 aromatic carbocycles. The van der Waals surface area contributed by atoms with E-state index in [1.165, 1.54) is 13.3 Å². The lowest BCUT2D eigenvalue weighted by Gasteiger charge is -2.03. The van der Waals surface area contributed by atoms with E-state index in [0.717, 1.165) is 10.9 Å². The highest BCUT2D eigenvalue weighted by Crippen LogP contribution is 2.16. The molecule has 0 radical (unpaired) electrons. The molecule has 0 bridgehead atoms. The fourth-order valence-corrected chi connectivity index (χ4v) is 2.01. The van der Waals surface area contributed by atoms with Crippen molar-refractivity contribution in [1.29, 1.82) is 0 Å². The number of methoxy groups -OCH3 is 1. The van der Waals surface area contributed by atoms with Crippen LogP contribution in [0.15, 0.2) is 41.3 Å². The number of hydrogen-bond donors (Lipinski definition) is 1. The largest absolute Gasteiger partial charge is 0.465 e. The zero-order valence-electron chi connectivity index (χ0n) is 10.1. The number of carbonyl (C=O) groups is 1. The Hall–Kier alpha value is -2.69. The van der Waals surface area contributed by atoms with Crippen molar-refractivity contribution in [3.8, 4) is 0 Å². The molecule has 2 heterocycles. The van der Waals surface area contributed by atoms with Gasteiger partial charge in [-0.15, -0.1) is 0 Å². The van der Waals surface area contributed by atoms with E-state index < -0.39 is 5.97 Å². The normalized spacial score (nSPS) is 10.8. The molecule has 3 aromatic rings. The number of aromatic nitrogens is 2. The SMILES string of the molecule is COC(=O)c1c[nH]c2nc3ccccc3cc2c1=O. The Morgan fingerprint density at radius 1 is 1.32 bits per heavy atom. The molecular formula is C14H10N2O3. The number of rotatable bonds is 1. The van der Waals surface area contributed by atoms with E-state index in [1.54, 1.807) is 6.07 Å². The zero-order chi connectivity index (χ0) is 13.4. The molecule has 1 N–H and O–H groups in total. The monoisotopic (exact) mass is 254 g/mol.